The largest absolute Gasteiger partial charge is 0.229 e. The molecule has 0 spiro atoms. The maximum Gasteiger partial charge on any atom is 0.150 e. The molecule has 3 heteroatoms. The van der Waals surface area contributed by atoms with E-state index >= 15 is 0 Å². The first-order chi connectivity index (χ1) is 8.52. The van der Waals surface area contributed by atoms with Gasteiger partial charge in [-0.2, -0.15) is 0 Å². The van der Waals surface area contributed by atoms with Crippen molar-refractivity contribution in [2.45, 2.75) is 46.5 Å². The number of benzene rings is 1. The van der Waals surface area contributed by atoms with Crippen molar-refractivity contribution in [1.82, 2.24) is 0 Å². The van der Waals surface area contributed by atoms with Crippen LogP contribution in [0.15, 0.2) is 30.3 Å². The van der Waals surface area contributed by atoms with Gasteiger partial charge < -0.3 is 0 Å². The van der Waals surface area contributed by atoms with Gasteiger partial charge in [-0.25, -0.2) is 8.42 Å². The number of hydrogen-bond donors (Lipinski definition) is 0. The van der Waals surface area contributed by atoms with Gasteiger partial charge in [-0.1, -0.05) is 62.6 Å². The number of rotatable bonds is 6. The van der Waals surface area contributed by atoms with Crippen LogP contribution in [0.25, 0.3) is 0 Å². The van der Waals surface area contributed by atoms with Crippen LogP contribution in [0.3, 0.4) is 0 Å². The molecule has 0 aliphatic rings. The quantitative estimate of drug-likeness (QED) is 0.783. The molecule has 0 saturated carbocycles. The van der Waals surface area contributed by atoms with Crippen molar-refractivity contribution in [3.05, 3.63) is 35.9 Å². The predicted octanol–water partition coefficient (Wildman–Crippen LogP) is 4.00. The van der Waals surface area contributed by atoms with E-state index in [4.69, 9.17) is 0 Å². The van der Waals surface area contributed by atoms with E-state index in [1.54, 1.807) is 0 Å². The van der Waals surface area contributed by atoms with Crippen LogP contribution in [0.4, 0.5) is 0 Å². The van der Waals surface area contributed by atoms with Crippen LogP contribution >= 0.6 is 0 Å². The maximum absolute atomic E-state index is 11.1. The minimum atomic E-state index is -2.71. The van der Waals surface area contributed by atoms with Crippen LogP contribution in [0.1, 0.15) is 45.1 Å². The molecule has 0 amide bonds. The summed E-state index contributed by atoms with van der Waals surface area (Å²) in [6.45, 7) is 6.10. The molecule has 104 valence electrons. The van der Waals surface area contributed by atoms with Gasteiger partial charge in [0.1, 0.15) is 9.84 Å². The second-order valence-corrected chi connectivity index (χ2v) is 6.82. The monoisotopic (exact) mass is 270 g/mol. The first-order valence-corrected chi connectivity index (χ1v) is 8.56. The van der Waals surface area contributed by atoms with Gasteiger partial charge in [-0.3, -0.25) is 0 Å². The van der Waals surface area contributed by atoms with Gasteiger partial charge in [0.15, 0.2) is 0 Å². The fourth-order valence-corrected chi connectivity index (χ4v) is 3.03. The molecule has 0 aromatic heterocycles. The second kappa shape index (κ2) is 10.1. The van der Waals surface area contributed by atoms with Crippen molar-refractivity contribution in [2.24, 2.45) is 0 Å². The van der Waals surface area contributed by atoms with Gasteiger partial charge in [-0.15, -0.1) is 0 Å². The lowest BCUT2D eigenvalue weighted by molar-refractivity contribution is 0.589. The summed E-state index contributed by atoms with van der Waals surface area (Å²) in [5, 5.41) is 0. The smallest absolute Gasteiger partial charge is 0.150 e. The van der Waals surface area contributed by atoms with Gasteiger partial charge in [0.25, 0.3) is 0 Å². The van der Waals surface area contributed by atoms with Crippen LogP contribution in [0.5, 0.6) is 0 Å². The van der Waals surface area contributed by atoms with E-state index in [-0.39, 0.29) is 0 Å². The number of sulfone groups is 1. The molecule has 0 saturated heterocycles. The summed E-state index contributed by atoms with van der Waals surface area (Å²) in [6.07, 6.45) is 3.55. The fraction of sp³-hybridized carbons (Fsp3) is 0.600. The summed E-state index contributed by atoms with van der Waals surface area (Å²) in [6, 6.07) is 10.3. The van der Waals surface area contributed by atoms with Gasteiger partial charge in [-0.05, 0) is 19.8 Å². The lowest BCUT2D eigenvalue weighted by atomic mass is 10.2. The summed E-state index contributed by atoms with van der Waals surface area (Å²) in [4.78, 5) is 0. The summed E-state index contributed by atoms with van der Waals surface area (Å²) >= 11 is 0. The maximum atomic E-state index is 11.1. The average Bonchev–Trinajstić information content (AvgIpc) is 2.36. The lowest BCUT2D eigenvalue weighted by Gasteiger charge is -2.00. The predicted molar refractivity (Wildman–Crippen MR) is 79.6 cm³/mol. The minimum Gasteiger partial charge on any atom is -0.229 e. The standard InChI is InChI=1S/C8H18O2S.C7H8/c1-3-5-7-11(9,10)8-6-4-2;1-7-5-3-2-4-6-7/h3-8H2,1-2H3;2-6H,1H3. The third-order valence-electron chi connectivity index (χ3n) is 2.56. The Hall–Kier alpha value is -0.830. The highest BCUT2D eigenvalue weighted by molar-refractivity contribution is 7.91. The molecule has 0 N–H and O–H groups in total. The Morgan fingerprint density at radius 2 is 1.33 bits per heavy atom. The Morgan fingerprint density at radius 1 is 0.889 bits per heavy atom. The average molecular weight is 270 g/mol. The Balaban J connectivity index is 0.000000351. The van der Waals surface area contributed by atoms with E-state index in [0.29, 0.717) is 11.5 Å². The molecule has 0 bridgehead atoms. The molecule has 1 aromatic carbocycles. The topological polar surface area (TPSA) is 34.1 Å². The van der Waals surface area contributed by atoms with E-state index in [2.05, 4.69) is 19.1 Å². The molecular formula is C15H26O2S. The molecule has 0 aliphatic heterocycles. The van der Waals surface area contributed by atoms with E-state index in [1.165, 1.54) is 5.56 Å². The van der Waals surface area contributed by atoms with Crippen LogP contribution in [-0.4, -0.2) is 19.9 Å². The van der Waals surface area contributed by atoms with Crippen molar-refractivity contribution < 1.29 is 8.42 Å². The van der Waals surface area contributed by atoms with Crippen LogP contribution in [0.2, 0.25) is 0 Å². The highest BCUT2D eigenvalue weighted by Crippen LogP contribution is 2.00. The molecule has 2 nitrogen and oxygen atoms in total. The molecule has 1 rings (SSSR count). The zero-order valence-electron chi connectivity index (χ0n) is 11.9. The Bertz CT molecular complexity index is 368. The van der Waals surface area contributed by atoms with E-state index in [1.807, 2.05) is 32.0 Å². The third-order valence-corrected chi connectivity index (χ3v) is 4.38. The molecule has 0 heterocycles. The number of unbranched alkanes of at least 4 members (excludes halogenated alkanes) is 2. The van der Waals surface area contributed by atoms with Crippen molar-refractivity contribution in [2.75, 3.05) is 11.5 Å². The highest BCUT2D eigenvalue weighted by Gasteiger charge is 2.07. The van der Waals surface area contributed by atoms with Gasteiger partial charge >= 0.3 is 0 Å². The molecule has 0 atom stereocenters. The van der Waals surface area contributed by atoms with Crippen molar-refractivity contribution in [3.8, 4) is 0 Å². The van der Waals surface area contributed by atoms with Crippen LogP contribution < -0.4 is 0 Å². The highest BCUT2D eigenvalue weighted by atomic mass is 32.2. The van der Waals surface area contributed by atoms with Crippen LogP contribution in [-0.2, 0) is 9.84 Å². The van der Waals surface area contributed by atoms with E-state index in [0.717, 1.165) is 25.7 Å². The number of aryl methyl sites for hydroxylation is 1. The minimum absolute atomic E-state index is 0.378. The van der Waals surface area contributed by atoms with Crippen LogP contribution in [0, 0.1) is 6.92 Å². The van der Waals surface area contributed by atoms with Crippen molar-refractivity contribution in [1.29, 1.82) is 0 Å². The van der Waals surface area contributed by atoms with Gasteiger partial charge in [0.05, 0.1) is 11.5 Å². The molecule has 0 unspecified atom stereocenters. The second-order valence-electron chi connectivity index (χ2n) is 4.51. The normalized spacial score (nSPS) is 10.6. The SMILES string of the molecule is CCCCS(=O)(=O)CCCC.Cc1ccccc1. The number of hydrogen-bond acceptors (Lipinski definition) is 2. The molecule has 0 fully saturated rings. The summed E-state index contributed by atoms with van der Waals surface area (Å²) in [5.74, 6) is 0.757. The lowest BCUT2D eigenvalue weighted by Crippen LogP contribution is -2.10. The molecule has 18 heavy (non-hydrogen) atoms. The summed E-state index contributed by atoms with van der Waals surface area (Å²) in [5.41, 5.74) is 1.32. The zero-order valence-corrected chi connectivity index (χ0v) is 12.7. The zero-order chi connectivity index (χ0) is 13.9. The van der Waals surface area contributed by atoms with Crippen molar-refractivity contribution >= 4 is 9.84 Å². The Morgan fingerprint density at radius 3 is 1.61 bits per heavy atom. The molecular weight excluding hydrogens is 244 g/mol. The van der Waals surface area contributed by atoms with E-state index in [9.17, 15) is 8.42 Å². The molecule has 1 aromatic rings. The first-order valence-electron chi connectivity index (χ1n) is 6.74. The molecule has 0 radical (unpaired) electrons. The van der Waals surface area contributed by atoms with Gasteiger partial charge in [0.2, 0.25) is 0 Å². The fourth-order valence-electron chi connectivity index (χ4n) is 1.36. The van der Waals surface area contributed by atoms with Crippen molar-refractivity contribution in [3.63, 3.8) is 0 Å². The summed E-state index contributed by atoms with van der Waals surface area (Å²) < 4.78 is 22.3. The van der Waals surface area contributed by atoms with Gasteiger partial charge in [0, 0.05) is 0 Å². The first kappa shape index (κ1) is 17.2. The Kier molecular flexibility index (Phi) is 9.66. The Labute approximate surface area is 112 Å². The third kappa shape index (κ3) is 10.3. The summed E-state index contributed by atoms with van der Waals surface area (Å²) in [7, 11) is -2.71. The molecule has 0 aliphatic carbocycles. The van der Waals surface area contributed by atoms with E-state index < -0.39 is 9.84 Å².